The van der Waals surface area contributed by atoms with Crippen LogP contribution in [-0.4, -0.2) is 40.5 Å². The summed E-state index contributed by atoms with van der Waals surface area (Å²) in [5.74, 6) is 0.00703. The molecule has 1 aliphatic rings. The Bertz CT molecular complexity index is 708. The van der Waals surface area contributed by atoms with Crippen molar-refractivity contribution in [2.45, 2.75) is 6.18 Å². The van der Waals surface area contributed by atoms with E-state index in [4.69, 9.17) is 0 Å². The summed E-state index contributed by atoms with van der Waals surface area (Å²) in [5.41, 5.74) is -0.529. The summed E-state index contributed by atoms with van der Waals surface area (Å²) in [4.78, 5) is 11.9. The summed E-state index contributed by atoms with van der Waals surface area (Å²) in [5, 5.41) is 13.2. The number of carbonyl (C=O) groups excluding carboxylic acids is 1. The second-order valence-corrected chi connectivity index (χ2v) is 5.33. The molecule has 122 valence electrons. The fourth-order valence-electron chi connectivity index (χ4n) is 2.14. The molecule has 1 saturated heterocycles. The number of amides is 1. The predicted octanol–water partition coefficient (Wildman–Crippen LogP) is 1.24. The smallest absolute Gasteiger partial charge is 0.350 e. The molecular weight excluding hydrogens is 311 g/mol. The number of aromatic nitrogens is 3. The lowest BCUT2D eigenvalue weighted by Gasteiger charge is -2.26. The lowest BCUT2D eigenvalue weighted by Crippen LogP contribution is -2.48. The average Bonchev–Trinajstić information content (AvgIpc) is 2.94. The Morgan fingerprint density at radius 2 is 2.17 bits per heavy atom. The van der Waals surface area contributed by atoms with Crippen molar-refractivity contribution in [3.63, 3.8) is 0 Å². The average molecular weight is 325 g/mol. The van der Waals surface area contributed by atoms with Gasteiger partial charge in [-0.15, -0.1) is 5.10 Å². The topological polar surface area (TPSA) is 71.8 Å². The minimum Gasteiger partial charge on any atom is -0.350 e. The zero-order valence-electron chi connectivity index (χ0n) is 12.0. The first kappa shape index (κ1) is 15.5. The van der Waals surface area contributed by atoms with E-state index in [0.717, 1.165) is 29.9 Å². The lowest BCUT2D eigenvalue weighted by atomic mass is 10.0. The quantitative estimate of drug-likeness (QED) is 0.887. The molecule has 6 nitrogen and oxygen atoms in total. The lowest BCUT2D eigenvalue weighted by molar-refractivity contribution is -0.137. The molecule has 23 heavy (non-hydrogen) atoms. The summed E-state index contributed by atoms with van der Waals surface area (Å²) in [6.07, 6.45) is -3.13. The van der Waals surface area contributed by atoms with Crippen molar-refractivity contribution in [2.24, 2.45) is 5.92 Å². The third-order valence-corrected chi connectivity index (χ3v) is 3.58. The molecule has 0 saturated carbocycles. The highest BCUT2D eigenvalue weighted by Crippen LogP contribution is 2.30. The van der Waals surface area contributed by atoms with E-state index in [0.29, 0.717) is 12.5 Å². The minimum atomic E-state index is -4.44. The highest BCUT2D eigenvalue weighted by atomic mass is 19.4. The summed E-state index contributed by atoms with van der Waals surface area (Å²) in [6, 6.07) is 4.67. The van der Waals surface area contributed by atoms with E-state index in [1.54, 1.807) is 0 Å². The van der Waals surface area contributed by atoms with Crippen LogP contribution in [0.5, 0.6) is 0 Å². The van der Waals surface area contributed by atoms with Gasteiger partial charge in [0.25, 0.3) is 5.91 Å². The molecule has 0 radical (unpaired) electrons. The van der Waals surface area contributed by atoms with Crippen LogP contribution < -0.4 is 10.6 Å². The van der Waals surface area contributed by atoms with E-state index in [1.807, 2.05) is 0 Å². The van der Waals surface area contributed by atoms with Crippen LogP contribution in [0.25, 0.3) is 5.69 Å². The Hall–Kier alpha value is -2.42. The molecule has 0 aliphatic carbocycles. The molecule has 1 aromatic heterocycles. The first-order valence-corrected chi connectivity index (χ1v) is 7.02. The molecule has 3 rings (SSSR count). The van der Waals surface area contributed by atoms with E-state index in [1.165, 1.54) is 18.3 Å². The van der Waals surface area contributed by atoms with Crippen molar-refractivity contribution in [3.05, 3.63) is 41.7 Å². The molecule has 1 aromatic carbocycles. The highest BCUT2D eigenvalue weighted by molar-refractivity contribution is 5.91. The predicted molar refractivity (Wildman–Crippen MR) is 75.1 cm³/mol. The van der Waals surface area contributed by atoms with E-state index in [2.05, 4.69) is 20.9 Å². The normalized spacial score (nSPS) is 15.3. The molecular formula is C14H14F3N5O. The van der Waals surface area contributed by atoms with Crippen LogP contribution in [0.1, 0.15) is 16.1 Å². The van der Waals surface area contributed by atoms with Crippen molar-refractivity contribution in [3.8, 4) is 5.69 Å². The molecule has 1 fully saturated rings. The SMILES string of the molecule is O=C(NCC1CNC1)c1cn(-c2cccc(C(F)(F)F)c2)nn1. The second kappa shape index (κ2) is 5.99. The number of nitrogens with zero attached hydrogens (tertiary/aromatic N) is 3. The third kappa shape index (κ3) is 3.50. The summed E-state index contributed by atoms with van der Waals surface area (Å²) < 4.78 is 39.3. The van der Waals surface area contributed by atoms with E-state index >= 15 is 0 Å². The largest absolute Gasteiger partial charge is 0.416 e. The fraction of sp³-hybridized carbons (Fsp3) is 0.357. The van der Waals surface area contributed by atoms with E-state index < -0.39 is 17.6 Å². The van der Waals surface area contributed by atoms with Crippen LogP contribution in [0.3, 0.4) is 0 Å². The Labute approximate surface area is 129 Å². The fourth-order valence-corrected chi connectivity index (χ4v) is 2.14. The number of halogens is 3. The second-order valence-electron chi connectivity index (χ2n) is 5.33. The Balaban J connectivity index is 1.72. The van der Waals surface area contributed by atoms with Gasteiger partial charge in [-0.3, -0.25) is 4.79 Å². The number of hydrogen-bond donors (Lipinski definition) is 2. The van der Waals surface area contributed by atoms with Crippen LogP contribution in [0.2, 0.25) is 0 Å². The zero-order chi connectivity index (χ0) is 16.4. The summed E-state index contributed by atoms with van der Waals surface area (Å²) >= 11 is 0. The van der Waals surface area contributed by atoms with Gasteiger partial charge in [0.1, 0.15) is 0 Å². The third-order valence-electron chi connectivity index (χ3n) is 3.58. The molecule has 9 heteroatoms. The molecule has 0 spiro atoms. The number of hydrogen-bond acceptors (Lipinski definition) is 4. The Kier molecular flexibility index (Phi) is 4.03. The molecule has 2 heterocycles. The molecule has 0 bridgehead atoms. The van der Waals surface area contributed by atoms with Crippen LogP contribution in [0, 0.1) is 5.92 Å². The van der Waals surface area contributed by atoms with Gasteiger partial charge in [-0.25, -0.2) is 4.68 Å². The van der Waals surface area contributed by atoms with E-state index in [9.17, 15) is 18.0 Å². The van der Waals surface area contributed by atoms with Gasteiger partial charge in [0, 0.05) is 25.6 Å². The van der Waals surface area contributed by atoms with Gasteiger partial charge in [0.15, 0.2) is 5.69 Å². The van der Waals surface area contributed by atoms with Crippen molar-refractivity contribution in [1.29, 1.82) is 0 Å². The highest BCUT2D eigenvalue weighted by Gasteiger charge is 2.30. The number of benzene rings is 1. The summed E-state index contributed by atoms with van der Waals surface area (Å²) in [7, 11) is 0. The standard InChI is InChI=1S/C14H14F3N5O/c15-14(16,17)10-2-1-3-11(4-10)22-8-12(20-21-22)13(23)19-7-9-5-18-6-9/h1-4,8-9,18H,5-7H2,(H,19,23). The Morgan fingerprint density at radius 3 is 2.83 bits per heavy atom. The maximum absolute atomic E-state index is 12.7. The molecule has 1 aliphatic heterocycles. The number of rotatable bonds is 4. The van der Waals surface area contributed by atoms with Gasteiger partial charge in [-0.1, -0.05) is 11.3 Å². The van der Waals surface area contributed by atoms with Crippen LogP contribution in [0.4, 0.5) is 13.2 Å². The number of alkyl halides is 3. The monoisotopic (exact) mass is 325 g/mol. The van der Waals surface area contributed by atoms with Crippen LogP contribution in [0.15, 0.2) is 30.5 Å². The molecule has 1 amide bonds. The van der Waals surface area contributed by atoms with Gasteiger partial charge in [-0.2, -0.15) is 13.2 Å². The van der Waals surface area contributed by atoms with Gasteiger partial charge in [0.2, 0.25) is 0 Å². The van der Waals surface area contributed by atoms with Crippen LogP contribution in [-0.2, 0) is 6.18 Å². The number of carbonyl (C=O) groups is 1. The number of nitrogens with one attached hydrogen (secondary N) is 2. The summed E-state index contributed by atoms with van der Waals surface area (Å²) in [6.45, 7) is 2.25. The first-order valence-electron chi connectivity index (χ1n) is 7.02. The van der Waals surface area contributed by atoms with Crippen molar-refractivity contribution >= 4 is 5.91 Å². The maximum Gasteiger partial charge on any atom is 0.416 e. The van der Waals surface area contributed by atoms with Gasteiger partial charge < -0.3 is 10.6 Å². The van der Waals surface area contributed by atoms with Gasteiger partial charge >= 0.3 is 6.18 Å². The Morgan fingerprint density at radius 1 is 1.39 bits per heavy atom. The minimum absolute atomic E-state index is 0.0645. The first-order chi connectivity index (χ1) is 10.9. The zero-order valence-corrected chi connectivity index (χ0v) is 12.0. The van der Waals surface area contributed by atoms with E-state index in [-0.39, 0.29) is 11.4 Å². The maximum atomic E-state index is 12.7. The van der Waals surface area contributed by atoms with Crippen LogP contribution >= 0.6 is 0 Å². The van der Waals surface area contributed by atoms with Crippen molar-refractivity contribution in [2.75, 3.05) is 19.6 Å². The van der Waals surface area contributed by atoms with Crippen molar-refractivity contribution in [1.82, 2.24) is 25.6 Å². The molecule has 0 atom stereocenters. The van der Waals surface area contributed by atoms with Gasteiger partial charge in [0.05, 0.1) is 17.4 Å². The molecule has 0 unspecified atom stereocenters. The molecule has 2 aromatic rings. The van der Waals surface area contributed by atoms with Crippen molar-refractivity contribution < 1.29 is 18.0 Å². The molecule has 2 N–H and O–H groups in total. The van der Waals surface area contributed by atoms with Gasteiger partial charge in [-0.05, 0) is 18.2 Å².